The molecule has 1 unspecified atom stereocenters. The Kier molecular flexibility index (Phi) is 6.32. The van der Waals surface area contributed by atoms with Gasteiger partial charge in [-0.25, -0.2) is 4.79 Å². The van der Waals surface area contributed by atoms with Gasteiger partial charge in [0.05, 0.1) is 12.3 Å². The lowest BCUT2D eigenvalue weighted by Crippen LogP contribution is -2.64. The van der Waals surface area contributed by atoms with Crippen LogP contribution in [0.2, 0.25) is 5.02 Å². The Morgan fingerprint density at radius 3 is 2.58 bits per heavy atom. The van der Waals surface area contributed by atoms with Crippen LogP contribution in [0.25, 0.3) is 0 Å². The largest absolute Gasteiger partial charge is 0.462 e. The van der Waals surface area contributed by atoms with Gasteiger partial charge in [0, 0.05) is 47.6 Å². The quantitative estimate of drug-likeness (QED) is 0.470. The molecule has 1 aromatic rings. The molecule has 0 aromatic heterocycles. The van der Waals surface area contributed by atoms with E-state index >= 15 is 0 Å². The van der Waals surface area contributed by atoms with Crippen molar-refractivity contribution in [3.05, 3.63) is 57.4 Å². The number of hydrogen-bond donors (Lipinski definition) is 1. The van der Waals surface area contributed by atoms with Crippen molar-refractivity contribution in [3.8, 4) is 0 Å². The van der Waals surface area contributed by atoms with E-state index in [1.807, 2.05) is 48.8 Å². The van der Waals surface area contributed by atoms with E-state index in [4.69, 9.17) is 16.3 Å². The van der Waals surface area contributed by atoms with Crippen molar-refractivity contribution in [2.45, 2.75) is 38.3 Å². The van der Waals surface area contributed by atoms with Crippen molar-refractivity contribution < 1.29 is 19.1 Å². The molecule has 0 radical (unpaired) electrons. The van der Waals surface area contributed by atoms with Crippen molar-refractivity contribution in [2.75, 3.05) is 37.7 Å². The Morgan fingerprint density at radius 2 is 1.92 bits per heavy atom. The normalized spacial score (nSPS) is 23.1. The Labute approximate surface area is 219 Å². The highest BCUT2D eigenvalue weighted by Crippen LogP contribution is 2.55. The number of carbonyl (C=O) groups is 3. The fourth-order valence-corrected chi connectivity index (χ4v) is 6.52. The van der Waals surface area contributed by atoms with Crippen LogP contribution in [0.1, 0.15) is 27.7 Å². The molecule has 0 bridgehead atoms. The molecule has 0 saturated carbocycles. The molecule has 5 rings (SSSR count). The molecule has 4 aliphatic heterocycles. The maximum atomic E-state index is 13.7. The van der Waals surface area contributed by atoms with Gasteiger partial charge in [-0.2, -0.15) is 0 Å². The summed E-state index contributed by atoms with van der Waals surface area (Å²) in [5.41, 5.74) is 0.379. The first kappa shape index (κ1) is 24.8. The summed E-state index contributed by atoms with van der Waals surface area (Å²) in [5.74, 6) is 0.0297. The number of ether oxygens (including phenoxy) is 1. The number of piperazine rings is 1. The molecular weight excluding hydrogens is 500 g/mol. The zero-order chi connectivity index (χ0) is 25.8. The van der Waals surface area contributed by atoms with Gasteiger partial charge in [-0.1, -0.05) is 37.2 Å². The maximum absolute atomic E-state index is 13.7. The second kappa shape index (κ2) is 9.19. The van der Waals surface area contributed by atoms with Crippen LogP contribution in [-0.4, -0.2) is 65.9 Å². The van der Waals surface area contributed by atoms with Crippen molar-refractivity contribution in [1.29, 1.82) is 0 Å². The number of rotatable bonds is 4. The number of halogens is 1. The van der Waals surface area contributed by atoms with Crippen molar-refractivity contribution in [2.24, 2.45) is 5.92 Å². The van der Waals surface area contributed by atoms with Gasteiger partial charge in [0.25, 0.3) is 0 Å². The van der Waals surface area contributed by atoms with E-state index in [1.165, 1.54) is 11.8 Å². The van der Waals surface area contributed by atoms with Crippen molar-refractivity contribution in [3.63, 3.8) is 0 Å². The number of thioether (sulfide) groups is 1. The summed E-state index contributed by atoms with van der Waals surface area (Å²) in [6, 6.07) is 5.56. The van der Waals surface area contributed by atoms with E-state index in [0.29, 0.717) is 41.8 Å². The van der Waals surface area contributed by atoms with E-state index in [-0.39, 0.29) is 29.8 Å². The highest BCUT2D eigenvalue weighted by atomic mass is 35.5. The monoisotopic (exact) mass is 528 g/mol. The average Bonchev–Trinajstić information content (AvgIpc) is 3.22. The number of hydrogen-bond acceptors (Lipinski definition) is 8. The summed E-state index contributed by atoms with van der Waals surface area (Å²) in [7, 11) is 0. The number of esters is 1. The first-order valence-corrected chi connectivity index (χ1v) is 13.3. The van der Waals surface area contributed by atoms with Crippen molar-refractivity contribution >= 4 is 46.7 Å². The fraction of sp³-hybridized carbons (Fsp3) is 0.423. The van der Waals surface area contributed by atoms with Crippen LogP contribution in [0.3, 0.4) is 0 Å². The first-order chi connectivity index (χ1) is 17.2. The van der Waals surface area contributed by atoms with E-state index in [1.54, 1.807) is 19.1 Å². The summed E-state index contributed by atoms with van der Waals surface area (Å²) >= 11 is 7.74. The first-order valence-electron chi connectivity index (χ1n) is 12.1. The van der Waals surface area contributed by atoms with Gasteiger partial charge in [0.1, 0.15) is 22.1 Å². The van der Waals surface area contributed by atoms with Crippen LogP contribution < -0.4 is 10.2 Å². The summed E-state index contributed by atoms with van der Waals surface area (Å²) in [5, 5.41) is 4.70. The summed E-state index contributed by atoms with van der Waals surface area (Å²) in [6.45, 7) is 10.3. The number of benzene rings is 1. The minimum atomic E-state index is -0.944. The predicted molar refractivity (Wildman–Crippen MR) is 139 cm³/mol. The zero-order valence-corrected chi connectivity index (χ0v) is 22.3. The number of nitrogens with one attached hydrogen (secondary N) is 1. The Morgan fingerprint density at radius 1 is 1.19 bits per heavy atom. The maximum Gasteiger partial charge on any atom is 0.344 e. The van der Waals surface area contributed by atoms with Crippen LogP contribution in [0.15, 0.2) is 57.2 Å². The highest BCUT2D eigenvalue weighted by Gasteiger charge is 2.54. The molecule has 190 valence electrons. The topological polar surface area (TPSA) is 82.2 Å². The molecule has 1 aromatic carbocycles. The standard InChI is InChI=1S/C26H29ClN4O4S/c1-5-35-25(34)21-22(32)17-7-9-20(29-10-12-30(13-11-29)23(33)15(2)3)28-26(17,4)31-18-14-16(27)6-8-19(18)36-24(21)31/h6-9,14-15,28H,5,10-13H2,1-4H3. The molecule has 4 heterocycles. The minimum absolute atomic E-state index is 0.0282. The van der Waals surface area contributed by atoms with Crippen LogP contribution >= 0.6 is 23.4 Å². The van der Waals surface area contributed by atoms with Crippen LogP contribution in [0.4, 0.5) is 5.69 Å². The molecule has 1 N–H and O–H groups in total. The Hall–Kier alpha value is -2.91. The van der Waals surface area contributed by atoms with Crippen LogP contribution in [-0.2, 0) is 19.1 Å². The molecule has 4 aliphatic rings. The molecule has 1 saturated heterocycles. The van der Waals surface area contributed by atoms with E-state index < -0.39 is 11.6 Å². The van der Waals surface area contributed by atoms with Gasteiger partial charge in [0.15, 0.2) is 0 Å². The molecule has 36 heavy (non-hydrogen) atoms. The molecule has 10 heteroatoms. The lowest BCUT2D eigenvalue weighted by molar-refractivity contribution is -0.140. The summed E-state index contributed by atoms with van der Waals surface area (Å²) in [4.78, 5) is 46.0. The summed E-state index contributed by atoms with van der Waals surface area (Å²) in [6.07, 6.45) is 3.67. The number of Topliss-reactive ketones (excluding diaryl/α,β-unsaturated/α-hetero) is 1. The molecular formula is C26H29ClN4O4S. The average molecular weight is 529 g/mol. The number of nitrogens with zero attached hydrogens (tertiary/aromatic N) is 3. The highest BCUT2D eigenvalue weighted by molar-refractivity contribution is 8.03. The molecule has 1 fully saturated rings. The molecule has 0 aliphatic carbocycles. The lowest BCUT2D eigenvalue weighted by atomic mass is 9.85. The van der Waals surface area contributed by atoms with Gasteiger partial charge in [-0.3, -0.25) is 9.59 Å². The lowest BCUT2D eigenvalue weighted by Gasteiger charge is -2.50. The molecule has 8 nitrogen and oxygen atoms in total. The van der Waals surface area contributed by atoms with E-state index in [0.717, 1.165) is 16.4 Å². The third kappa shape index (κ3) is 3.89. The number of dihydropyridines is 1. The fourth-order valence-electron chi connectivity index (χ4n) is 5.11. The number of fused-ring (bicyclic) bond motifs is 5. The summed E-state index contributed by atoms with van der Waals surface area (Å²) < 4.78 is 5.27. The zero-order valence-electron chi connectivity index (χ0n) is 20.8. The Bertz CT molecular complexity index is 1250. The van der Waals surface area contributed by atoms with Crippen molar-refractivity contribution in [1.82, 2.24) is 15.1 Å². The third-order valence-electron chi connectivity index (χ3n) is 6.91. The Balaban J connectivity index is 1.52. The van der Waals surface area contributed by atoms with Gasteiger partial charge < -0.3 is 24.8 Å². The number of ketones is 1. The second-order valence-electron chi connectivity index (χ2n) is 9.58. The predicted octanol–water partition coefficient (Wildman–Crippen LogP) is 3.50. The van der Waals surface area contributed by atoms with Gasteiger partial charge in [-0.15, -0.1) is 0 Å². The molecule has 1 atom stereocenters. The van der Waals surface area contributed by atoms with Gasteiger partial charge in [-0.05, 0) is 44.2 Å². The second-order valence-corrected chi connectivity index (χ2v) is 11.0. The van der Waals surface area contributed by atoms with Crippen LogP contribution in [0, 0.1) is 5.92 Å². The number of allylic oxidation sites excluding steroid dienone is 2. The van der Waals surface area contributed by atoms with Gasteiger partial charge >= 0.3 is 5.97 Å². The van der Waals surface area contributed by atoms with Crippen LogP contribution in [0.5, 0.6) is 0 Å². The van der Waals surface area contributed by atoms with E-state index in [9.17, 15) is 14.4 Å². The van der Waals surface area contributed by atoms with E-state index in [2.05, 4.69) is 10.2 Å². The van der Waals surface area contributed by atoms with Gasteiger partial charge in [0.2, 0.25) is 11.7 Å². The third-order valence-corrected chi connectivity index (χ3v) is 8.29. The molecule has 1 amide bonds. The SMILES string of the molecule is CCOC(=O)C1=C2Sc3ccc(Cl)cc3N2C2(C)NC(N3CCN(C(=O)C(C)C)CC3)=CC=C2C1=O. The minimum Gasteiger partial charge on any atom is -0.462 e. The number of amides is 1. The molecule has 0 spiro atoms. The number of anilines is 1. The smallest absolute Gasteiger partial charge is 0.344 e. The number of carbonyl (C=O) groups excluding carboxylic acids is 3.